The summed E-state index contributed by atoms with van der Waals surface area (Å²) in [7, 11) is -3.98. The highest BCUT2D eigenvalue weighted by atomic mass is 32.2. The fraction of sp³-hybridized carbons (Fsp3) is 0. The van der Waals surface area contributed by atoms with Crippen molar-refractivity contribution in [2.24, 2.45) is 0 Å². The molecule has 3 aromatic rings. The number of anilines is 1. The second-order valence-corrected chi connectivity index (χ2v) is 7.97. The second-order valence-electron chi connectivity index (χ2n) is 6.43. The minimum atomic E-state index is -3.98. The van der Waals surface area contributed by atoms with Crippen LogP contribution in [0.25, 0.3) is 6.08 Å². The zero-order chi connectivity index (χ0) is 23.1. The maximum absolute atomic E-state index is 12.4. The molecule has 8 nitrogen and oxygen atoms in total. The Hall–Kier alpha value is -4.42. The van der Waals surface area contributed by atoms with Gasteiger partial charge in [0.05, 0.1) is 5.56 Å². The summed E-state index contributed by atoms with van der Waals surface area (Å²) < 4.78 is 29.6. The number of nitrogens with one attached hydrogen (secondary N) is 1. The number of nitriles is 1. The molecule has 0 saturated carbocycles. The topological polar surface area (TPSA) is 134 Å². The normalized spacial score (nSPS) is 11.3. The van der Waals surface area contributed by atoms with Gasteiger partial charge in [-0.25, -0.2) is 4.79 Å². The molecule has 0 unspecified atom stereocenters. The van der Waals surface area contributed by atoms with Crippen molar-refractivity contribution in [2.75, 3.05) is 5.32 Å². The number of amides is 1. The Labute approximate surface area is 184 Å². The van der Waals surface area contributed by atoms with Crippen LogP contribution in [-0.4, -0.2) is 25.4 Å². The van der Waals surface area contributed by atoms with Gasteiger partial charge in [0.15, 0.2) is 0 Å². The minimum absolute atomic E-state index is 0.0174. The number of rotatable bonds is 7. The fourth-order valence-electron chi connectivity index (χ4n) is 2.59. The Balaban J connectivity index is 1.71. The summed E-state index contributed by atoms with van der Waals surface area (Å²) >= 11 is 0. The molecule has 3 aromatic carbocycles. The van der Waals surface area contributed by atoms with Crippen LogP contribution in [0.1, 0.15) is 15.9 Å². The Bertz CT molecular complexity index is 1310. The monoisotopic (exact) mass is 448 g/mol. The molecule has 0 aromatic heterocycles. The number of carbonyl (C=O) groups excluding carboxylic acids is 1. The highest BCUT2D eigenvalue weighted by Gasteiger charge is 2.16. The maximum atomic E-state index is 12.4. The van der Waals surface area contributed by atoms with E-state index in [1.54, 1.807) is 24.3 Å². The van der Waals surface area contributed by atoms with E-state index in [1.165, 1.54) is 66.7 Å². The van der Waals surface area contributed by atoms with Crippen molar-refractivity contribution < 1.29 is 27.3 Å². The Morgan fingerprint density at radius 2 is 1.56 bits per heavy atom. The van der Waals surface area contributed by atoms with Crippen LogP contribution in [0.4, 0.5) is 5.69 Å². The molecule has 0 radical (unpaired) electrons. The molecule has 0 heterocycles. The predicted octanol–water partition coefficient (Wildman–Crippen LogP) is 3.70. The third-order valence-electron chi connectivity index (χ3n) is 4.18. The van der Waals surface area contributed by atoms with Crippen LogP contribution in [0.2, 0.25) is 0 Å². The number of aromatic carboxylic acids is 1. The first-order chi connectivity index (χ1) is 15.3. The molecule has 160 valence electrons. The van der Waals surface area contributed by atoms with Crippen LogP contribution in [0.15, 0.2) is 89.3 Å². The van der Waals surface area contributed by atoms with Crippen LogP contribution in [0.5, 0.6) is 5.75 Å². The van der Waals surface area contributed by atoms with E-state index in [0.717, 1.165) is 0 Å². The van der Waals surface area contributed by atoms with Crippen molar-refractivity contribution in [1.29, 1.82) is 5.26 Å². The Kier molecular flexibility index (Phi) is 6.68. The van der Waals surface area contributed by atoms with E-state index in [1.807, 2.05) is 0 Å². The first-order valence-corrected chi connectivity index (χ1v) is 10.6. The van der Waals surface area contributed by atoms with Gasteiger partial charge in [-0.1, -0.05) is 30.3 Å². The van der Waals surface area contributed by atoms with Gasteiger partial charge in [0.1, 0.15) is 22.3 Å². The molecule has 0 aliphatic carbocycles. The van der Waals surface area contributed by atoms with Crippen LogP contribution in [-0.2, 0) is 14.9 Å². The molecule has 32 heavy (non-hydrogen) atoms. The summed E-state index contributed by atoms with van der Waals surface area (Å²) in [5.74, 6) is -1.69. The van der Waals surface area contributed by atoms with Gasteiger partial charge in [-0.15, -0.1) is 0 Å². The first-order valence-electron chi connectivity index (χ1n) is 9.14. The zero-order valence-corrected chi connectivity index (χ0v) is 17.2. The van der Waals surface area contributed by atoms with Crippen molar-refractivity contribution in [2.45, 2.75) is 4.90 Å². The minimum Gasteiger partial charge on any atom is -0.478 e. The Morgan fingerprint density at radius 3 is 2.12 bits per heavy atom. The number of carbonyl (C=O) groups is 2. The number of hydrogen-bond acceptors (Lipinski definition) is 6. The van der Waals surface area contributed by atoms with Crippen molar-refractivity contribution in [3.05, 3.63) is 95.6 Å². The van der Waals surface area contributed by atoms with Crippen molar-refractivity contribution in [1.82, 2.24) is 0 Å². The van der Waals surface area contributed by atoms with Crippen molar-refractivity contribution in [3.63, 3.8) is 0 Å². The van der Waals surface area contributed by atoms with E-state index < -0.39 is 22.0 Å². The van der Waals surface area contributed by atoms with E-state index in [-0.39, 0.29) is 21.8 Å². The molecular weight excluding hydrogens is 432 g/mol. The van der Waals surface area contributed by atoms with E-state index in [4.69, 9.17) is 9.29 Å². The third kappa shape index (κ3) is 5.59. The number of nitrogens with zero attached hydrogens (tertiary/aromatic N) is 1. The first kappa shape index (κ1) is 22.3. The molecule has 9 heteroatoms. The van der Waals surface area contributed by atoms with Crippen LogP contribution in [0.3, 0.4) is 0 Å². The molecule has 0 spiro atoms. The molecule has 0 atom stereocenters. The largest absolute Gasteiger partial charge is 0.478 e. The second kappa shape index (κ2) is 9.59. The molecule has 0 saturated heterocycles. The predicted molar refractivity (Wildman–Crippen MR) is 116 cm³/mol. The average molecular weight is 448 g/mol. The number of carboxylic acids is 1. The number of carboxylic acid groups (broad SMARTS) is 1. The molecular formula is C23H16N2O6S. The highest BCUT2D eigenvalue weighted by molar-refractivity contribution is 7.87. The summed E-state index contributed by atoms with van der Waals surface area (Å²) in [5, 5.41) is 20.7. The van der Waals surface area contributed by atoms with Gasteiger partial charge in [-0.05, 0) is 60.2 Å². The van der Waals surface area contributed by atoms with Crippen LogP contribution < -0.4 is 9.50 Å². The molecule has 0 bridgehead atoms. The summed E-state index contributed by atoms with van der Waals surface area (Å²) in [5.41, 5.74) is 0.673. The summed E-state index contributed by atoms with van der Waals surface area (Å²) in [6, 6.07) is 20.8. The molecule has 3 rings (SSSR count). The standard InChI is InChI=1S/C23H16N2O6S/c24-15-18(22(26)25-19-10-8-17(9-11-19)23(27)28)14-16-6-12-20(13-7-16)31-32(29,30)21-4-2-1-3-5-21/h1-14H,(H,25,26)(H,27,28)/b18-14+. The SMILES string of the molecule is N#C/C(=C\c1ccc(OS(=O)(=O)c2ccccc2)cc1)C(=O)Nc1ccc(C(=O)O)cc1. The molecule has 0 aliphatic heterocycles. The van der Waals surface area contributed by atoms with E-state index in [2.05, 4.69) is 5.32 Å². The lowest BCUT2D eigenvalue weighted by molar-refractivity contribution is -0.112. The molecule has 0 aliphatic rings. The molecule has 2 N–H and O–H groups in total. The van der Waals surface area contributed by atoms with Crippen molar-refractivity contribution >= 4 is 33.8 Å². The lowest BCUT2D eigenvalue weighted by atomic mass is 10.1. The lowest BCUT2D eigenvalue weighted by Crippen LogP contribution is -2.13. The fourth-order valence-corrected chi connectivity index (χ4v) is 3.54. The quantitative estimate of drug-likeness (QED) is 0.320. The zero-order valence-electron chi connectivity index (χ0n) is 16.4. The number of benzene rings is 3. The van der Waals surface area contributed by atoms with Crippen LogP contribution in [0, 0.1) is 11.3 Å². The van der Waals surface area contributed by atoms with Gasteiger partial charge >= 0.3 is 16.1 Å². The van der Waals surface area contributed by atoms with E-state index >= 15 is 0 Å². The smallest absolute Gasteiger partial charge is 0.339 e. The van der Waals surface area contributed by atoms with Crippen LogP contribution >= 0.6 is 0 Å². The molecule has 0 fully saturated rings. The van der Waals surface area contributed by atoms with Gasteiger partial charge in [-0.2, -0.15) is 13.7 Å². The third-order valence-corrected chi connectivity index (χ3v) is 5.45. The summed E-state index contributed by atoms with van der Waals surface area (Å²) in [6.07, 6.45) is 1.33. The lowest BCUT2D eigenvalue weighted by Gasteiger charge is -2.07. The Morgan fingerprint density at radius 1 is 0.938 bits per heavy atom. The van der Waals surface area contributed by atoms with Gasteiger partial charge in [0.2, 0.25) is 0 Å². The molecule has 1 amide bonds. The number of hydrogen-bond donors (Lipinski definition) is 2. The van der Waals surface area contributed by atoms with Gasteiger partial charge in [-0.3, -0.25) is 4.79 Å². The maximum Gasteiger partial charge on any atom is 0.339 e. The van der Waals surface area contributed by atoms with Crippen molar-refractivity contribution in [3.8, 4) is 11.8 Å². The summed E-state index contributed by atoms with van der Waals surface area (Å²) in [6.45, 7) is 0. The van der Waals surface area contributed by atoms with Gasteiger partial charge in [0.25, 0.3) is 5.91 Å². The van der Waals surface area contributed by atoms with E-state index in [0.29, 0.717) is 11.3 Å². The summed E-state index contributed by atoms with van der Waals surface area (Å²) in [4.78, 5) is 23.3. The average Bonchev–Trinajstić information content (AvgIpc) is 2.79. The van der Waals surface area contributed by atoms with E-state index in [9.17, 15) is 23.3 Å². The highest BCUT2D eigenvalue weighted by Crippen LogP contribution is 2.20. The van der Waals surface area contributed by atoms with Gasteiger partial charge in [0, 0.05) is 5.69 Å². The van der Waals surface area contributed by atoms with Gasteiger partial charge < -0.3 is 14.6 Å².